The van der Waals surface area contributed by atoms with E-state index in [1.54, 1.807) is 13.8 Å². The van der Waals surface area contributed by atoms with Crippen LogP contribution in [0.25, 0.3) is 0 Å². The topological polar surface area (TPSA) is 77.8 Å². The van der Waals surface area contributed by atoms with Gasteiger partial charge in [-0.15, -0.1) is 0 Å². The minimum Gasteiger partial charge on any atom is -0.389 e. The maximum absolute atomic E-state index is 12.0. The number of hydrogen-bond donors (Lipinski definition) is 3. The van der Waals surface area contributed by atoms with Crippen LogP contribution in [-0.2, 0) is 4.57 Å². The van der Waals surface area contributed by atoms with E-state index in [0.717, 1.165) is 19.3 Å². The van der Waals surface area contributed by atoms with Crippen molar-refractivity contribution in [1.82, 2.24) is 0 Å². The van der Waals surface area contributed by atoms with Crippen LogP contribution in [0.1, 0.15) is 66.2 Å². The second-order valence-electron chi connectivity index (χ2n) is 5.04. The standard InChI is InChI=1S/C14H29O4P/c1-5-9-11-12(13(15)10-6-2)14(7-3,8-4)19(16,17)18/h11,13,15H,5-10H2,1-4H3,(H2,16,17,18). The Balaban J connectivity index is 5.70. The zero-order chi connectivity index (χ0) is 15.1. The van der Waals surface area contributed by atoms with Gasteiger partial charge in [-0.1, -0.05) is 46.6 Å². The van der Waals surface area contributed by atoms with Crippen molar-refractivity contribution < 1.29 is 19.5 Å². The summed E-state index contributed by atoms with van der Waals surface area (Å²) in [6.07, 6.45) is 4.71. The largest absolute Gasteiger partial charge is 0.389 e. The van der Waals surface area contributed by atoms with Gasteiger partial charge in [0, 0.05) is 0 Å². The maximum atomic E-state index is 12.0. The van der Waals surface area contributed by atoms with Gasteiger partial charge in [-0.25, -0.2) is 0 Å². The predicted octanol–water partition coefficient (Wildman–Crippen LogP) is 3.61. The molecule has 0 heterocycles. The highest BCUT2D eigenvalue weighted by Crippen LogP contribution is 2.59. The van der Waals surface area contributed by atoms with Gasteiger partial charge >= 0.3 is 7.60 Å². The van der Waals surface area contributed by atoms with Crippen LogP contribution in [-0.4, -0.2) is 26.2 Å². The number of aliphatic hydroxyl groups is 1. The summed E-state index contributed by atoms with van der Waals surface area (Å²) in [4.78, 5) is 19.5. The van der Waals surface area contributed by atoms with E-state index in [-0.39, 0.29) is 0 Å². The third-order valence-corrected chi connectivity index (χ3v) is 5.84. The molecule has 0 bridgehead atoms. The van der Waals surface area contributed by atoms with Gasteiger partial charge < -0.3 is 14.9 Å². The number of aliphatic hydroxyl groups excluding tert-OH is 1. The van der Waals surface area contributed by atoms with Gasteiger partial charge in [0.15, 0.2) is 0 Å². The molecule has 0 aliphatic carbocycles. The SMILES string of the molecule is CCCC=C(C(O)CCC)C(CC)(CC)P(=O)(O)O. The molecule has 114 valence electrons. The van der Waals surface area contributed by atoms with Crippen molar-refractivity contribution in [2.45, 2.75) is 77.5 Å². The quantitative estimate of drug-likeness (QED) is 0.448. The Kier molecular flexibility index (Phi) is 8.14. The summed E-state index contributed by atoms with van der Waals surface area (Å²) in [6, 6.07) is 0. The predicted molar refractivity (Wildman–Crippen MR) is 79.3 cm³/mol. The molecule has 0 aromatic rings. The van der Waals surface area contributed by atoms with Crippen molar-refractivity contribution in [3.63, 3.8) is 0 Å². The molecule has 0 amide bonds. The molecular weight excluding hydrogens is 263 g/mol. The van der Waals surface area contributed by atoms with Crippen molar-refractivity contribution in [2.24, 2.45) is 0 Å². The van der Waals surface area contributed by atoms with Crippen LogP contribution in [0.15, 0.2) is 11.6 Å². The summed E-state index contributed by atoms with van der Waals surface area (Å²) in [5.74, 6) is 0. The lowest BCUT2D eigenvalue weighted by Gasteiger charge is -2.37. The normalized spacial score (nSPS) is 15.6. The first-order valence-electron chi connectivity index (χ1n) is 7.24. The maximum Gasteiger partial charge on any atom is 0.335 e. The summed E-state index contributed by atoms with van der Waals surface area (Å²) >= 11 is 0. The van der Waals surface area contributed by atoms with Gasteiger partial charge in [-0.3, -0.25) is 4.57 Å². The fourth-order valence-corrected chi connectivity index (χ4v) is 4.00. The zero-order valence-corrected chi connectivity index (χ0v) is 13.5. The Morgan fingerprint density at radius 2 is 1.68 bits per heavy atom. The molecule has 1 unspecified atom stereocenters. The van der Waals surface area contributed by atoms with Crippen LogP contribution in [0.3, 0.4) is 0 Å². The highest BCUT2D eigenvalue weighted by molar-refractivity contribution is 7.53. The smallest absolute Gasteiger partial charge is 0.335 e. The van der Waals surface area contributed by atoms with Crippen LogP contribution in [0, 0.1) is 0 Å². The molecule has 0 aliphatic rings. The summed E-state index contributed by atoms with van der Waals surface area (Å²) in [5, 5.41) is 9.07. The van der Waals surface area contributed by atoms with Crippen molar-refractivity contribution in [2.75, 3.05) is 0 Å². The van der Waals surface area contributed by atoms with Gasteiger partial charge in [0.1, 0.15) is 0 Å². The lowest BCUT2D eigenvalue weighted by molar-refractivity contribution is 0.180. The average Bonchev–Trinajstić information content (AvgIpc) is 2.33. The first-order valence-corrected chi connectivity index (χ1v) is 8.86. The molecule has 0 saturated carbocycles. The van der Waals surface area contributed by atoms with Crippen molar-refractivity contribution in [3.05, 3.63) is 11.6 Å². The number of rotatable bonds is 9. The van der Waals surface area contributed by atoms with Crippen LogP contribution in [0.5, 0.6) is 0 Å². The van der Waals surface area contributed by atoms with Crippen molar-refractivity contribution in [1.29, 1.82) is 0 Å². The van der Waals surface area contributed by atoms with E-state index in [2.05, 4.69) is 0 Å². The summed E-state index contributed by atoms with van der Waals surface area (Å²) in [5.41, 5.74) is 0.537. The molecule has 0 radical (unpaired) electrons. The third-order valence-electron chi connectivity index (χ3n) is 3.84. The third kappa shape index (κ3) is 4.42. The Labute approximate surface area is 117 Å². The molecule has 1 atom stereocenters. The Morgan fingerprint density at radius 3 is 2.00 bits per heavy atom. The van der Waals surface area contributed by atoms with Gasteiger partial charge in [0.05, 0.1) is 11.3 Å². The molecule has 0 aromatic carbocycles. The van der Waals surface area contributed by atoms with E-state index in [1.165, 1.54) is 0 Å². The van der Waals surface area contributed by atoms with E-state index in [1.807, 2.05) is 19.9 Å². The fourth-order valence-electron chi connectivity index (χ4n) is 2.60. The molecule has 0 rings (SSSR count). The molecule has 0 fully saturated rings. The van der Waals surface area contributed by atoms with Gasteiger partial charge in [-0.05, 0) is 31.3 Å². The van der Waals surface area contributed by atoms with Crippen LogP contribution >= 0.6 is 7.60 Å². The minimum atomic E-state index is -4.31. The Bertz CT molecular complexity index is 328. The van der Waals surface area contributed by atoms with Gasteiger partial charge in [0.2, 0.25) is 0 Å². The van der Waals surface area contributed by atoms with Crippen LogP contribution < -0.4 is 0 Å². The average molecular weight is 292 g/mol. The highest BCUT2D eigenvalue weighted by atomic mass is 31.2. The van der Waals surface area contributed by atoms with Crippen LogP contribution in [0.2, 0.25) is 0 Å². The molecule has 5 heteroatoms. The molecule has 0 spiro atoms. The molecular formula is C14H29O4P. The Morgan fingerprint density at radius 1 is 1.16 bits per heavy atom. The molecule has 19 heavy (non-hydrogen) atoms. The number of hydrogen-bond acceptors (Lipinski definition) is 2. The highest BCUT2D eigenvalue weighted by Gasteiger charge is 2.48. The van der Waals surface area contributed by atoms with Gasteiger partial charge in [-0.2, -0.15) is 0 Å². The van der Waals surface area contributed by atoms with Crippen molar-refractivity contribution in [3.8, 4) is 0 Å². The molecule has 0 aromatic heterocycles. The lowest BCUT2D eigenvalue weighted by atomic mass is 9.86. The fraction of sp³-hybridized carbons (Fsp3) is 0.857. The first kappa shape index (κ1) is 18.9. The monoisotopic (exact) mass is 292 g/mol. The zero-order valence-electron chi connectivity index (χ0n) is 12.6. The van der Waals surface area contributed by atoms with E-state index < -0.39 is 18.9 Å². The van der Waals surface area contributed by atoms with E-state index in [4.69, 9.17) is 0 Å². The molecule has 3 N–H and O–H groups in total. The summed E-state index contributed by atoms with van der Waals surface area (Å²) in [6.45, 7) is 7.52. The summed E-state index contributed by atoms with van der Waals surface area (Å²) < 4.78 is 12.0. The van der Waals surface area contributed by atoms with Crippen molar-refractivity contribution >= 4 is 7.60 Å². The molecule has 0 aliphatic heterocycles. The van der Waals surface area contributed by atoms with Crippen LogP contribution in [0.4, 0.5) is 0 Å². The van der Waals surface area contributed by atoms with E-state index in [0.29, 0.717) is 24.8 Å². The lowest BCUT2D eigenvalue weighted by Crippen LogP contribution is -2.36. The molecule has 0 saturated heterocycles. The first-order chi connectivity index (χ1) is 8.80. The van der Waals surface area contributed by atoms with Gasteiger partial charge in [0.25, 0.3) is 0 Å². The second kappa shape index (κ2) is 8.21. The minimum absolute atomic E-state index is 0.337. The Hall–Kier alpha value is -0.150. The second-order valence-corrected chi connectivity index (χ2v) is 6.98. The van der Waals surface area contributed by atoms with E-state index in [9.17, 15) is 19.5 Å². The van der Waals surface area contributed by atoms with E-state index >= 15 is 0 Å². The molecule has 4 nitrogen and oxygen atoms in total. The number of unbranched alkanes of at least 4 members (excludes halogenated alkanes) is 1. The summed E-state index contributed by atoms with van der Waals surface area (Å²) in [7, 11) is -4.31. The number of allylic oxidation sites excluding steroid dienone is 1.